The molecule has 0 bridgehead atoms. The Balaban J connectivity index is 1.62. The van der Waals surface area contributed by atoms with Crippen molar-refractivity contribution in [3.8, 4) is 0 Å². The first-order chi connectivity index (χ1) is 17.4. The highest BCUT2D eigenvalue weighted by Crippen LogP contribution is 2.38. The average Bonchev–Trinajstić information content (AvgIpc) is 3.10. The Kier molecular flexibility index (Phi) is 7.90. The molecule has 3 aromatic rings. The first-order valence-corrected chi connectivity index (χ1v) is 12.7. The number of imide groups is 1. The van der Waals surface area contributed by atoms with Crippen molar-refractivity contribution in [1.82, 2.24) is 0 Å². The summed E-state index contributed by atoms with van der Waals surface area (Å²) in [4.78, 5) is 41.6. The van der Waals surface area contributed by atoms with Crippen LogP contribution in [0.5, 0.6) is 0 Å². The summed E-state index contributed by atoms with van der Waals surface area (Å²) in [5.74, 6) is -1.29. The van der Waals surface area contributed by atoms with Crippen LogP contribution in [0.25, 0.3) is 0 Å². The number of anilines is 2. The number of hydrogen-bond acceptors (Lipinski definition) is 6. The van der Waals surface area contributed by atoms with Gasteiger partial charge in [0.2, 0.25) is 0 Å². The fourth-order valence-corrected chi connectivity index (χ4v) is 4.52. The van der Waals surface area contributed by atoms with E-state index in [1.807, 2.05) is 69.3 Å². The number of aryl methyl sites for hydroxylation is 2. The van der Waals surface area contributed by atoms with Crippen molar-refractivity contribution in [1.29, 1.82) is 0 Å². The van der Waals surface area contributed by atoms with E-state index in [9.17, 15) is 14.4 Å². The minimum Gasteiger partial charge on any atom is -0.462 e. The number of hydrogen-bond donors (Lipinski definition) is 1. The van der Waals surface area contributed by atoms with Crippen LogP contribution in [0.3, 0.4) is 0 Å². The molecule has 7 heteroatoms. The molecule has 0 atom stereocenters. The number of carbonyl (C=O) groups excluding carboxylic acids is 3. The van der Waals surface area contributed by atoms with Crippen LogP contribution in [0.4, 0.5) is 11.4 Å². The number of amides is 2. The van der Waals surface area contributed by atoms with Gasteiger partial charge < -0.3 is 10.1 Å². The molecule has 0 spiro atoms. The van der Waals surface area contributed by atoms with Crippen LogP contribution >= 0.6 is 11.8 Å². The van der Waals surface area contributed by atoms with Crippen LogP contribution in [-0.2, 0) is 14.3 Å². The van der Waals surface area contributed by atoms with Gasteiger partial charge in [-0.3, -0.25) is 9.59 Å². The van der Waals surface area contributed by atoms with Crippen LogP contribution in [0.1, 0.15) is 41.3 Å². The van der Waals surface area contributed by atoms with Crippen molar-refractivity contribution in [3.05, 3.63) is 100 Å². The van der Waals surface area contributed by atoms with Gasteiger partial charge in [0.1, 0.15) is 10.6 Å². The van der Waals surface area contributed by atoms with Gasteiger partial charge in [0, 0.05) is 10.6 Å². The lowest BCUT2D eigenvalue weighted by molar-refractivity contribution is -0.120. The van der Waals surface area contributed by atoms with Crippen LogP contribution in [0.15, 0.2) is 88.3 Å². The predicted molar refractivity (Wildman–Crippen MR) is 143 cm³/mol. The van der Waals surface area contributed by atoms with Gasteiger partial charge in [-0.05, 0) is 68.8 Å². The molecule has 36 heavy (non-hydrogen) atoms. The number of esters is 1. The van der Waals surface area contributed by atoms with Gasteiger partial charge in [0.05, 0.1) is 17.9 Å². The predicted octanol–water partition coefficient (Wildman–Crippen LogP) is 6.25. The number of ether oxygens (including phenoxy) is 1. The second-order valence-corrected chi connectivity index (χ2v) is 9.68. The molecule has 0 aromatic heterocycles. The maximum atomic E-state index is 13.5. The standard InChI is InChI=1S/C29H28N2O4S/c1-4-5-18-35-29(34)21-10-14-23(15-11-21)31-27(32)25(30-22-12-6-19(2)7-13-22)26(28(31)33)36-24-16-8-20(3)9-17-24/h6-17,30H,4-5,18H2,1-3H3. The zero-order valence-electron chi connectivity index (χ0n) is 20.5. The Labute approximate surface area is 215 Å². The Bertz CT molecular complexity index is 1230. The number of unbranched alkanes of at least 4 members (excludes halogenated alkanes) is 1. The van der Waals surface area contributed by atoms with Crippen molar-refractivity contribution in [3.63, 3.8) is 0 Å². The van der Waals surface area contributed by atoms with Gasteiger partial charge in [-0.25, -0.2) is 9.69 Å². The summed E-state index contributed by atoms with van der Waals surface area (Å²) >= 11 is 1.25. The average molecular weight is 501 g/mol. The molecule has 2 amide bonds. The van der Waals surface area contributed by atoms with Gasteiger partial charge >= 0.3 is 5.97 Å². The van der Waals surface area contributed by atoms with Crippen LogP contribution in [0, 0.1) is 13.8 Å². The lowest BCUT2D eigenvalue weighted by Crippen LogP contribution is -2.32. The highest BCUT2D eigenvalue weighted by atomic mass is 32.2. The number of thioether (sulfide) groups is 1. The summed E-state index contributed by atoms with van der Waals surface area (Å²) in [6.45, 7) is 6.36. The summed E-state index contributed by atoms with van der Waals surface area (Å²) in [5.41, 5.74) is 3.89. The van der Waals surface area contributed by atoms with Crippen LogP contribution in [0.2, 0.25) is 0 Å². The third-order valence-corrected chi connectivity index (χ3v) is 6.79. The summed E-state index contributed by atoms with van der Waals surface area (Å²) in [5, 5.41) is 3.16. The third kappa shape index (κ3) is 5.69. The van der Waals surface area contributed by atoms with Crippen molar-refractivity contribution in [2.75, 3.05) is 16.8 Å². The molecule has 3 aromatic carbocycles. The fourth-order valence-electron chi connectivity index (χ4n) is 3.59. The summed E-state index contributed by atoms with van der Waals surface area (Å²) < 4.78 is 5.25. The number of nitrogens with zero attached hydrogens (tertiary/aromatic N) is 1. The van der Waals surface area contributed by atoms with E-state index in [2.05, 4.69) is 5.32 Å². The molecule has 6 nitrogen and oxygen atoms in total. The highest BCUT2D eigenvalue weighted by molar-refractivity contribution is 8.04. The molecule has 1 aliphatic heterocycles. The zero-order chi connectivity index (χ0) is 25.7. The molecule has 1 N–H and O–H groups in total. The Hall–Kier alpha value is -3.84. The second-order valence-electron chi connectivity index (χ2n) is 8.59. The van der Waals surface area contributed by atoms with Crippen molar-refractivity contribution in [2.24, 2.45) is 0 Å². The van der Waals surface area contributed by atoms with Gasteiger partial charge in [-0.2, -0.15) is 0 Å². The minimum atomic E-state index is -0.451. The van der Waals surface area contributed by atoms with E-state index in [0.29, 0.717) is 28.5 Å². The Morgan fingerprint density at radius 2 is 1.47 bits per heavy atom. The van der Waals surface area contributed by atoms with Gasteiger partial charge in [0.25, 0.3) is 11.8 Å². The monoisotopic (exact) mass is 500 g/mol. The lowest BCUT2D eigenvalue weighted by Gasteiger charge is -2.16. The van der Waals surface area contributed by atoms with E-state index in [1.54, 1.807) is 24.3 Å². The number of carbonyl (C=O) groups is 3. The van der Waals surface area contributed by atoms with E-state index in [1.165, 1.54) is 11.8 Å². The van der Waals surface area contributed by atoms with Gasteiger partial charge in [-0.1, -0.05) is 60.5 Å². The Morgan fingerprint density at radius 1 is 0.861 bits per heavy atom. The number of rotatable bonds is 9. The highest BCUT2D eigenvalue weighted by Gasteiger charge is 2.40. The molecule has 0 saturated heterocycles. The lowest BCUT2D eigenvalue weighted by atomic mass is 10.2. The van der Waals surface area contributed by atoms with Gasteiger partial charge in [0.15, 0.2) is 0 Å². The van der Waals surface area contributed by atoms with Crippen molar-refractivity contribution in [2.45, 2.75) is 38.5 Å². The molecule has 4 rings (SSSR count). The molecular weight excluding hydrogens is 472 g/mol. The molecule has 0 radical (unpaired) electrons. The molecule has 1 heterocycles. The smallest absolute Gasteiger partial charge is 0.338 e. The fraction of sp³-hybridized carbons (Fsp3) is 0.207. The zero-order valence-corrected chi connectivity index (χ0v) is 21.4. The maximum Gasteiger partial charge on any atom is 0.338 e. The first kappa shape index (κ1) is 25.3. The van der Waals surface area contributed by atoms with E-state index < -0.39 is 17.8 Å². The van der Waals surface area contributed by atoms with E-state index >= 15 is 0 Å². The molecule has 0 aliphatic carbocycles. The normalized spacial score (nSPS) is 13.4. The SMILES string of the molecule is CCCCOC(=O)c1ccc(N2C(=O)C(Nc3ccc(C)cc3)=C(Sc3ccc(C)cc3)C2=O)cc1. The van der Waals surface area contributed by atoms with Crippen LogP contribution < -0.4 is 10.2 Å². The second kappa shape index (κ2) is 11.3. The molecule has 184 valence electrons. The third-order valence-electron chi connectivity index (χ3n) is 5.70. The minimum absolute atomic E-state index is 0.220. The van der Waals surface area contributed by atoms with Crippen molar-refractivity contribution < 1.29 is 19.1 Å². The largest absolute Gasteiger partial charge is 0.462 e. The van der Waals surface area contributed by atoms with E-state index in [4.69, 9.17) is 4.74 Å². The molecular formula is C29H28N2O4S. The summed E-state index contributed by atoms with van der Waals surface area (Å²) in [7, 11) is 0. The number of benzene rings is 3. The van der Waals surface area contributed by atoms with E-state index in [-0.39, 0.29) is 5.70 Å². The molecule has 1 aliphatic rings. The van der Waals surface area contributed by atoms with Gasteiger partial charge in [-0.15, -0.1) is 0 Å². The molecule has 0 fully saturated rings. The Morgan fingerprint density at radius 3 is 2.08 bits per heavy atom. The maximum absolute atomic E-state index is 13.5. The quantitative estimate of drug-likeness (QED) is 0.213. The van der Waals surface area contributed by atoms with Crippen molar-refractivity contribution >= 4 is 40.9 Å². The van der Waals surface area contributed by atoms with Crippen LogP contribution in [-0.4, -0.2) is 24.4 Å². The topological polar surface area (TPSA) is 75.7 Å². The first-order valence-electron chi connectivity index (χ1n) is 11.9. The summed E-state index contributed by atoms with van der Waals surface area (Å²) in [6, 6.07) is 21.7. The molecule has 0 unspecified atom stereocenters. The van der Waals surface area contributed by atoms with E-state index in [0.717, 1.165) is 33.8 Å². The molecule has 0 saturated carbocycles. The number of nitrogens with one attached hydrogen (secondary N) is 1. The summed E-state index contributed by atoms with van der Waals surface area (Å²) in [6.07, 6.45) is 1.73.